The van der Waals surface area contributed by atoms with Gasteiger partial charge in [0.15, 0.2) is 0 Å². The van der Waals surface area contributed by atoms with Crippen molar-refractivity contribution in [3.63, 3.8) is 0 Å². The number of aromatic nitrogens is 2. The van der Waals surface area contributed by atoms with Gasteiger partial charge in [-0.25, -0.2) is 0 Å². The lowest BCUT2D eigenvalue weighted by Crippen LogP contribution is -2.40. The van der Waals surface area contributed by atoms with E-state index in [0.717, 1.165) is 49.3 Å². The van der Waals surface area contributed by atoms with Gasteiger partial charge in [-0.1, -0.05) is 35.5 Å². The second-order valence-corrected chi connectivity index (χ2v) is 10.8. The van der Waals surface area contributed by atoms with Crippen molar-refractivity contribution in [1.29, 1.82) is 0 Å². The lowest BCUT2D eigenvalue weighted by Gasteiger charge is -2.31. The van der Waals surface area contributed by atoms with Crippen LogP contribution in [0, 0.1) is 12.8 Å². The Kier molecular flexibility index (Phi) is 9.41. The number of aryl methyl sites for hydroxylation is 1. The SMILES string of the molecule is Cc1ccc(NC(=O)c2nnc(C(=O)N3CCC(CC(=O)NCCCN4CCCCC4)CC3)s2)cc1. The van der Waals surface area contributed by atoms with E-state index in [1.807, 2.05) is 31.2 Å². The molecule has 194 valence electrons. The van der Waals surface area contributed by atoms with Crippen molar-refractivity contribution in [2.24, 2.45) is 5.92 Å². The van der Waals surface area contributed by atoms with Crippen LogP contribution in [0.1, 0.15) is 70.1 Å². The van der Waals surface area contributed by atoms with Crippen LogP contribution < -0.4 is 10.6 Å². The number of benzene rings is 1. The van der Waals surface area contributed by atoms with Crippen LogP contribution in [0.4, 0.5) is 5.69 Å². The molecule has 0 saturated carbocycles. The second-order valence-electron chi connectivity index (χ2n) is 9.78. The molecule has 2 saturated heterocycles. The number of anilines is 1. The van der Waals surface area contributed by atoms with Crippen LogP contribution in [-0.2, 0) is 4.79 Å². The van der Waals surface area contributed by atoms with Gasteiger partial charge in [-0.05, 0) is 76.7 Å². The van der Waals surface area contributed by atoms with E-state index in [2.05, 4.69) is 25.7 Å². The highest BCUT2D eigenvalue weighted by Gasteiger charge is 2.28. The van der Waals surface area contributed by atoms with E-state index in [9.17, 15) is 14.4 Å². The number of hydrogen-bond acceptors (Lipinski definition) is 7. The van der Waals surface area contributed by atoms with Crippen molar-refractivity contribution >= 4 is 34.7 Å². The summed E-state index contributed by atoms with van der Waals surface area (Å²) >= 11 is 1.00. The standard InChI is InChI=1S/C26H36N6O3S/c1-19-6-8-21(9-7-19)28-23(34)24-29-30-25(36-24)26(35)32-16-10-20(11-17-32)18-22(33)27-12-5-15-31-13-3-2-4-14-31/h6-9,20H,2-5,10-18H2,1H3,(H,27,33)(H,28,34). The molecule has 2 aromatic rings. The van der Waals surface area contributed by atoms with Crippen LogP contribution in [-0.4, -0.2) is 77.0 Å². The highest BCUT2D eigenvalue weighted by Crippen LogP contribution is 2.23. The Bertz CT molecular complexity index is 1030. The molecule has 0 bridgehead atoms. The van der Waals surface area contributed by atoms with Gasteiger partial charge in [0.2, 0.25) is 15.9 Å². The Morgan fingerprint density at radius 1 is 0.972 bits per heavy atom. The lowest BCUT2D eigenvalue weighted by atomic mass is 9.93. The minimum atomic E-state index is -0.379. The molecule has 0 unspecified atom stereocenters. The Hall–Kier alpha value is -2.85. The number of carbonyl (C=O) groups excluding carboxylic acids is 3. The van der Waals surface area contributed by atoms with Crippen LogP contribution >= 0.6 is 11.3 Å². The van der Waals surface area contributed by atoms with Crippen molar-refractivity contribution in [2.45, 2.75) is 51.9 Å². The topological polar surface area (TPSA) is 108 Å². The van der Waals surface area contributed by atoms with Gasteiger partial charge in [0.1, 0.15) is 0 Å². The van der Waals surface area contributed by atoms with Crippen molar-refractivity contribution in [1.82, 2.24) is 25.3 Å². The summed E-state index contributed by atoms with van der Waals surface area (Å²) in [5, 5.41) is 14.1. The number of likely N-dealkylation sites (tertiary alicyclic amines) is 2. The van der Waals surface area contributed by atoms with E-state index < -0.39 is 0 Å². The summed E-state index contributed by atoms with van der Waals surface area (Å²) in [5.41, 5.74) is 1.77. The highest BCUT2D eigenvalue weighted by atomic mass is 32.1. The molecule has 2 N–H and O–H groups in total. The third-order valence-corrected chi connectivity index (χ3v) is 7.82. The first kappa shape index (κ1) is 26.2. The maximum Gasteiger partial charge on any atom is 0.286 e. The zero-order valence-corrected chi connectivity index (χ0v) is 21.8. The number of amides is 3. The fourth-order valence-corrected chi connectivity index (χ4v) is 5.45. The third-order valence-electron chi connectivity index (χ3n) is 6.91. The molecule has 2 aliphatic rings. The lowest BCUT2D eigenvalue weighted by molar-refractivity contribution is -0.122. The fourth-order valence-electron chi connectivity index (χ4n) is 4.75. The van der Waals surface area contributed by atoms with Crippen molar-refractivity contribution in [3.8, 4) is 0 Å². The number of nitrogens with zero attached hydrogens (tertiary/aromatic N) is 4. The van der Waals surface area contributed by atoms with Gasteiger partial charge >= 0.3 is 0 Å². The van der Waals surface area contributed by atoms with Crippen LogP contribution in [0.2, 0.25) is 0 Å². The normalized spacial score (nSPS) is 17.1. The van der Waals surface area contributed by atoms with E-state index in [1.165, 1.54) is 32.4 Å². The molecule has 1 aromatic heterocycles. The fraction of sp³-hybridized carbons (Fsp3) is 0.577. The number of hydrogen-bond donors (Lipinski definition) is 2. The Morgan fingerprint density at radius 3 is 2.39 bits per heavy atom. The molecule has 10 heteroatoms. The van der Waals surface area contributed by atoms with Gasteiger partial charge in [-0.2, -0.15) is 0 Å². The first-order valence-electron chi connectivity index (χ1n) is 13.0. The van der Waals surface area contributed by atoms with Gasteiger partial charge in [0.25, 0.3) is 11.8 Å². The second kappa shape index (κ2) is 12.9. The zero-order chi connectivity index (χ0) is 25.3. The van der Waals surface area contributed by atoms with E-state index in [1.54, 1.807) is 4.90 Å². The average molecular weight is 513 g/mol. The summed E-state index contributed by atoms with van der Waals surface area (Å²) in [7, 11) is 0. The predicted octanol–water partition coefficient (Wildman–Crippen LogP) is 3.33. The molecular formula is C26H36N6O3S. The number of rotatable bonds is 9. The van der Waals surface area contributed by atoms with Crippen molar-refractivity contribution < 1.29 is 14.4 Å². The van der Waals surface area contributed by atoms with Crippen LogP contribution in [0.3, 0.4) is 0 Å². The molecule has 0 radical (unpaired) electrons. The molecule has 0 aliphatic carbocycles. The van der Waals surface area contributed by atoms with Gasteiger partial charge < -0.3 is 20.4 Å². The van der Waals surface area contributed by atoms with Crippen LogP contribution in [0.15, 0.2) is 24.3 Å². The van der Waals surface area contributed by atoms with Gasteiger partial charge in [-0.3, -0.25) is 14.4 Å². The average Bonchev–Trinajstić information content (AvgIpc) is 3.39. The quantitative estimate of drug-likeness (QED) is 0.499. The van der Waals surface area contributed by atoms with Crippen molar-refractivity contribution in [2.75, 3.05) is 44.6 Å². The minimum absolute atomic E-state index is 0.103. The number of nitrogens with one attached hydrogen (secondary N) is 2. The summed E-state index contributed by atoms with van der Waals surface area (Å²) in [4.78, 5) is 41.9. The van der Waals surface area contributed by atoms with E-state index in [4.69, 9.17) is 0 Å². The third kappa shape index (κ3) is 7.57. The summed E-state index contributed by atoms with van der Waals surface area (Å²) in [6, 6.07) is 7.46. The first-order valence-corrected chi connectivity index (χ1v) is 13.8. The van der Waals surface area contributed by atoms with E-state index >= 15 is 0 Å². The predicted molar refractivity (Wildman–Crippen MR) is 140 cm³/mol. The van der Waals surface area contributed by atoms with Crippen molar-refractivity contribution in [3.05, 3.63) is 39.8 Å². The number of carbonyl (C=O) groups is 3. The van der Waals surface area contributed by atoms with Crippen LogP contribution in [0.5, 0.6) is 0 Å². The molecule has 1 aromatic carbocycles. The van der Waals surface area contributed by atoms with Crippen LogP contribution in [0.25, 0.3) is 0 Å². The molecule has 2 aliphatic heterocycles. The molecule has 4 rings (SSSR count). The summed E-state index contributed by atoms with van der Waals surface area (Å²) < 4.78 is 0. The Morgan fingerprint density at radius 2 is 1.67 bits per heavy atom. The maximum atomic E-state index is 12.9. The smallest absolute Gasteiger partial charge is 0.286 e. The number of piperidine rings is 2. The molecule has 0 spiro atoms. The maximum absolute atomic E-state index is 12.9. The molecule has 3 heterocycles. The summed E-state index contributed by atoms with van der Waals surface area (Å²) in [6.07, 6.45) is 6.98. The van der Waals surface area contributed by atoms with Gasteiger partial charge in [0, 0.05) is 31.7 Å². The van der Waals surface area contributed by atoms with E-state index in [-0.39, 0.29) is 33.7 Å². The molecule has 0 atom stereocenters. The molecule has 2 fully saturated rings. The molecule has 3 amide bonds. The zero-order valence-electron chi connectivity index (χ0n) is 21.0. The summed E-state index contributed by atoms with van der Waals surface area (Å²) in [5.74, 6) is -0.202. The largest absolute Gasteiger partial charge is 0.356 e. The Labute approximate surface area is 216 Å². The highest BCUT2D eigenvalue weighted by molar-refractivity contribution is 7.15. The molecule has 36 heavy (non-hydrogen) atoms. The van der Waals surface area contributed by atoms with Gasteiger partial charge in [0.05, 0.1) is 0 Å². The first-order chi connectivity index (χ1) is 17.5. The summed E-state index contributed by atoms with van der Waals surface area (Å²) in [6.45, 7) is 7.29. The molecular weight excluding hydrogens is 476 g/mol. The molecule has 9 nitrogen and oxygen atoms in total. The monoisotopic (exact) mass is 512 g/mol. The minimum Gasteiger partial charge on any atom is -0.356 e. The van der Waals surface area contributed by atoms with E-state index in [0.29, 0.717) is 25.2 Å². The Balaban J connectivity index is 1.15. The van der Waals surface area contributed by atoms with Gasteiger partial charge in [-0.15, -0.1) is 10.2 Å².